The summed E-state index contributed by atoms with van der Waals surface area (Å²) < 4.78 is 29.2. The van der Waals surface area contributed by atoms with Crippen LogP contribution in [-0.2, 0) is 10.0 Å². The van der Waals surface area contributed by atoms with Crippen LogP contribution in [0.25, 0.3) is 5.69 Å². The van der Waals surface area contributed by atoms with Gasteiger partial charge in [-0.1, -0.05) is 6.07 Å². The number of benzene rings is 1. The molecule has 0 atom stereocenters. The zero-order valence-corrected chi connectivity index (χ0v) is 17.2. The first-order valence-electron chi connectivity index (χ1n) is 9.44. The average molecular weight is 437 g/mol. The molecule has 0 aliphatic heterocycles. The summed E-state index contributed by atoms with van der Waals surface area (Å²) in [7, 11) is -3.62. The molecule has 0 spiro atoms. The van der Waals surface area contributed by atoms with E-state index >= 15 is 0 Å². The van der Waals surface area contributed by atoms with Gasteiger partial charge < -0.3 is 10.6 Å². The van der Waals surface area contributed by atoms with E-state index in [4.69, 9.17) is 0 Å². The SMILES string of the molecule is O=S(=O)(NCCNc1cc(Nc2ccccn2)ncn1)c1ccc(-n2cccn2)cc1. The molecule has 11 heteroatoms. The Morgan fingerprint density at radius 1 is 0.839 bits per heavy atom. The number of aromatic nitrogens is 5. The Labute approximate surface area is 179 Å². The first-order valence-corrected chi connectivity index (χ1v) is 10.9. The maximum Gasteiger partial charge on any atom is 0.240 e. The highest BCUT2D eigenvalue weighted by atomic mass is 32.2. The summed E-state index contributed by atoms with van der Waals surface area (Å²) in [6.07, 6.45) is 6.55. The topological polar surface area (TPSA) is 127 Å². The van der Waals surface area contributed by atoms with E-state index in [0.29, 0.717) is 24.0 Å². The lowest BCUT2D eigenvalue weighted by Gasteiger charge is -2.10. The van der Waals surface area contributed by atoms with Gasteiger partial charge in [0, 0.05) is 37.7 Å². The van der Waals surface area contributed by atoms with Crippen LogP contribution >= 0.6 is 0 Å². The highest BCUT2D eigenvalue weighted by molar-refractivity contribution is 7.89. The van der Waals surface area contributed by atoms with Crippen LogP contribution in [0.5, 0.6) is 0 Å². The highest BCUT2D eigenvalue weighted by Crippen LogP contribution is 2.14. The van der Waals surface area contributed by atoms with Crippen LogP contribution in [0.4, 0.5) is 17.5 Å². The highest BCUT2D eigenvalue weighted by Gasteiger charge is 2.13. The Morgan fingerprint density at radius 2 is 1.68 bits per heavy atom. The Hall–Kier alpha value is -3.83. The van der Waals surface area contributed by atoms with Gasteiger partial charge in [0.1, 0.15) is 23.8 Å². The molecule has 10 nitrogen and oxygen atoms in total. The number of pyridine rings is 1. The second-order valence-corrected chi connectivity index (χ2v) is 8.16. The van der Waals surface area contributed by atoms with E-state index < -0.39 is 10.0 Å². The number of sulfonamides is 1. The van der Waals surface area contributed by atoms with E-state index in [0.717, 1.165) is 5.69 Å². The molecule has 4 aromatic rings. The van der Waals surface area contributed by atoms with Gasteiger partial charge in [-0.15, -0.1) is 0 Å². The monoisotopic (exact) mass is 436 g/mol. The zero-order chi connectivity index (χ0) is 21.5. The van der Waals surface area contributed by atoms with E-state index in [1.165, 1.54) is 6.33 Å². The van der Waals surface area contributed by atoms with Gasteiger partial charge in [0.15, 0.2) is 0 Å². The van der Waals surface area contributed by atoms with Gasteiger partial charge in [0.25, 0.3) is 0 Å². The fraction of sp³-hybridized carbons (Fsp3) is 0.100. The first-order chi connectivity index (χ1) is 15.1. The molecule has 3 heterocycles. The van der Waals surface area contributed by atoms with Gasteiger partial charge in [0.05, 0.1) is 10.6 Å². The van der Waals surface area contributed by atoms with Gasteiger partial charge in [0.2, 0.25) is 10.0 Å². The van der Waals surface area contributed by atoms with Gasteiger partial charge >= 0.3 is 0 Å². The molecule has 31 heavy (non-hydrogen) atoms. The van der Waals surface area contributed by atoms with Crippen LogP contribution in [0.1, 0.15) is 0 Å². The van der Waals surface area contributed by atoms with Gasteiger partial charge in [-0.2, -0.15) is 5.10 Å². The molecular weight excluding hydrogens is 416 g/mol. The number of rotatable bonds is 9. The molecule has 4 rings (SSSR count). The second-order valence-electron chi connectivity index (χ2n) is 6.40. The Morgan fingerprint density at radius 3 is 2.42 bits per heavy atom. The third-order valence-electron chi connectivity index (χ3n) is 4.23. The smallest absolute Gasteiger partial charge is 0.240 e. The number of hydrogen-bond donors (Lipinski definition) is 3. The first kappa shape index (κ1) is 20.4. The molecule has 0 radical (unpaired) electrons. The van der Waals surface area contributed by atoms with Crippen molar-refractivity contribution in [1.82, 2.24) is 29.5 Å². The predicted octanol–water partition coefficient (Wildman–Crippen LogP) is 2.19. The minimum atomic E-state index is -3.62. The van der Waals surface area contributed by atoms with Gasteiger partial charge in [-0.3, -0.25) is 0 Å². The minimum Gasteiger partial charge on any atom is -0.369 e. The number of anilines is 3. The summed E-state index contributed by atoms with van der Waals surface area (Å²) in [6.45, 7) is 0.543. The molecule has 3 aromatic heterocycles. The third kappa shape index (κ3) is 5.41. The van der Waals surface area contributed by atoms with Crippen molar-refractivity contribution in [2.75, 3.05) is 23.7 Å². The molecule has 0 fully saturated rings. The summed E-state index contributed by atoms with van der Waals surface area (Å²) in [4.78, 5) is 12.7. The van der Waals surface area contributed by atoms with Crippen molar-refractivity contribution in [1.29, 1.82) is 0 Å². The quantitative estimate of drug-likeness (QED) is 0.341. The summed E-state index contributed by atoms with van der Waals surface area (Å²) in [5, 5.41) is 10.3. The normalized spacial score (nSPS) is 11.2. The van der Waals surface area contributed by atoms with Crippen molar-refractivity contribution in [2.24, 2.45) is 0 Å². The lowest BCUT2D eigenvalue weighted by Crippen LogP contribution is -2.29. The van der Waals surface area contributed by atoms with E-state index in [1.54, 1.807) is 59.7 Å². The molecule has 0 bridgehead atoms. The molecule has 0 saturated carbocycles. The molecule has 0 unspecified atom stereocenters. The molecule has 3 N–H and O–H groups in total. The molecule has 0 aliphatic rings. The second kappa shape index (κ2) is 9.32. The van der Waals surface area contributed by atoms with Crippen molar-refractivity contribution >= 4 is 27.5 Å². The standard InChI is InChI=1S/C20H20N8O2S/c29-31(30,17-7-5-16(6-8-17)28-13-3-10-25-28)26-12-11-22-19-14-20(24-15-23-19)27-18-4-1-2-9-21-18/h1-10,13-15,26H,11-12H2,(H2,21,22,23,24,27). The summed E-state index contributed by atoms with van der Waals surface area (Å²) in [5.74, 6) is 1.81. The molecule has 0 aliphatic carbocycles. The van der Waals surface area contributed by atoms with E-state index in [9.17, 15) is 8.42 Å². The zero-order valence-electron chi connectivity index (χ0n) is 16.4. The van der Waals surface area contributed by atoms with Crippen molar-refractivity contribution in [3.8, 4) is 5.69 Å². The fourth-order valence-corrected chi connectivity index (χ4v) is 3.78. The molecule has 0 amide bonds. The maximum atomic E-state index is 12.5. The van der Waals surface area contributed by atoms with Crippen molar-refractivity contribution in [3.05, 3.63) is 79.5 Å². The largest absolute Gasteiger partial charge is 0.369 e. The maximum absolute atomic E-state index is 12.5. The third-order valence-corrected chi connectivity index (χ3v) is 5.70. The Bertz CT molecular complexity index is 1210. The fourth-order valence-electron chi connectivity index (χ4n) is 2.75. The van der Waals surface area contributed by atoms with Crippen LogP contribution in [0.15, 0.2) is 84.4 Å². The van der Waals surface area contributed by atoms with E-state index in [1.807, 2.05) is 18.2 Å². The van der Waals surface area contributed by atoms with Gasteiger partial charge in [-0.05, 0) is 42.5 Å². The average Bonchev–Trinajstić information content (AvgIpc) is 3.33. The molecular formula is C20H20N8O2S. The Balaban J connectivity index is 1.29. The van der Waals surface area contributed by atoms with Crippen molar-refractivity contribution < 1.29 is 8.42 Å². The van der Waals surface area contributed by atoms with Crippen LogP contribution in [0.3, 0.4) is 0 Å². The molecule has 158 valence electrons. The van der Waals surface area contributed by atoms with Crippen LogP contribution in [-0.4, -0.2) is 46.2 Å². The summed E-state index contributed by atoms with van der Waals surface area (Å²) >= 11 is 0. The van der Waals surface area contributed by atoms with Crippen LogP contribution < -0.4 is 15.4 Å². The number of nitrogens with one attached hydrogen (secondary N) is 3. The lowest BCUT2D eigenvalue weighted by molar-refractivity contribution is 0.583. The lowest BCUT2D eigenvalue weighted by atomic mass is 10.3. The summed E-state index contributed by atoms with van der Waals surface area (Å²) in [6, 6.07) is 15.5. The Kier molecular flexibility index (Phi) is 6.15. The van der Waals surface area contributed by atoms with Gasteiger partial charge in [-0.25, -0.2) is 32.8 Å². The molecule has 1 aromatic carbocycles. The molecule has 0 saturated heterocycles. The number of nitrogens with zero attached hydrogens (tertiary/aromatic N) is 5. The number of hydrogen-bond acceptors (Lipinski definition) is 8. The van der Waals surface area contributed by atoms with Crippen LogP contribution in [0.2, 0.25) is 0 Å². The van der Waals surface area contributed by atoms with E-state index in [2.05, 4.69) is 35.4 Å². The van der Waals surface area contributed by atoms with E-state index in [-0.39, 0.29) is 11.4 Å². The minimum absolute atomic E-state index is 0.187. The van der Waals surface area contributed by atoms with Crippen molar-refractivity contribution in [2.45, 2.75) is 4.90 Å². The predicted molar refractivity (Wildman–Crippen MR) is 117 cm³/mol. The summed E-state index contributed by atoms with van der Waals surface area (Å²) in [5.41, 5.74) is 0.782. The van der Waals surface area contributed by atoms with Crippen LogP contribution in [0, 0.1) is 0 Å². The van der Waals surface area contributed by atoms with Crippen molar-refractivity contribution in [3.63, 3.8) is 0 Å².